The molecule has 1 aromatic rings. The van der Waals surface area contributed by atoms with Crippen molar-refractivity contribution in [1.82, 2.24) is 5.32 Å². The van der Waals surface area contributed by atoms with Crippen LogP contribution in [0.4, 0.5) is 10.5 Å². The van der Waals surface area contributed by atoms with Gasteiger partial charge in [-0.3, -0.25) is 5.32 Å². The average molecular weight is 278 g/mol. The van der Waals surface area contributed by atoms with Crippen molar-refractivity contribution in [1.29, 1.82) is 0 Å². The molecule has 0 unspecified atom stereocenters. The molecule has 1 aliphatic heterocycles. The molecular weight excluding hydrogens is 256 g/mol. The summed E-state index contributed by atoms with van der Waals surface area (Å²) in [5.41, 5.74) is 0.708. The summed E-state index contributed by atoms with van der Waals surface area (Å²) in [7, 11) is 0. The molecule has 0 aromatic heterocycles. The van der Waals surface area contributed by atoms with Crippen LogP contribution in [-0.4, -0.2) is 31.4 Å². The van der Waals surface area contributed by atoms with Gasteiger partial charge in [0.2, 0.25) is 0 Å². The SMILES string of the molecule is CC(C)Oc1ccc(NC(=O)OC2CCNCC2)cc1. The van der Waals surface area contributed by atoms with E-state index < -0.39 is 6.09 Å². The van der Waals surface area contributed by atoms with E-state index in [1.54, 1.807) is 12.1 Å². The summed E-state index contributed by atoms with van der Waals surface area (Å²) < 4.78 is 10.9. The maximum Gasteiger partial charge on any atom is 0.411 e. The summed E-state index contributed by atoms with van der Waals surface area (Å²) in [6.07, 6.45) is 1.50. The number of hydrogen-bond acceptors (Lipinski definition) is 4. The molecule has 20 heavy (non-hydrogen) atoms. The summed E-state index contributed by atoms with van der Waals surface area (Å²) in [4.78, 5) is 11.8. The van der Waals surface area contributed by atoms with E-state index in [9.17, 15) is 4.79 Å². The van der Waals surface area contributed by atoms with Gasteiger partial charge in [0, 0.05) is 5.69 Å². The van der Waals surface area contributed by atoms with Gasteiger partial charge in [0.1, 0.15) is 11.9 Å². The van der Waals surface area contributed by atoms with Crippen LogP contribution in [0, 0.1) is 0 Å². The lowest BCUT2D eigenvalue weighted by atomic mass is 10.1. The molecule has 1 saturated heterocycles. The number of carbonyl (C=O) groups is 1. The van der Waals surface area contributed by atoms with Crippen molar-refractivity contribution < 1.29 is 14.3 Å². The summed E-state index contributed by atoms with van der Waals surface area (Å²) in [5, 5.41) is 5.97. The lowest BCUT2D eigenvalue weighted by molar-refractivity contribution is 0.0909. The smallest absolute Gasteiger partial charge is 0.411 e. The Morgan fingerprint density at radius 2 is 1.90 bits per heavy atom. The normalized spacial score (nSPS) is 15.9. The average Bonchev–Trinajstić information content (AvgIpc) is 2.41. The van der Waals surface area contributed by atoms with Gasteiger partial charge in [-0.2, -0.15) is 0 Å². The molecule has 1 heterocycles. The second-order valence-corrected chi connectivity index (χ2v) is 5.17. The van der Waals surface area contributed by atoms with Crippen LogP contribution in [0.2, 0.25) is 0 Å². The van der Waals surface area contributed by atoms with Crippen molar-refractivity contribution in [3.05, 3.63) is 24.3 Å². The number of carbonyl (C=O) groups excluding carboxylic acids is 1. The fourth-order valence-corrected chi connectivity index (χ4v) is 2.10. The monoisotopic (exact) mass is 278 g/mol. The number of nitrogens with one attached hydrogen (secondary N) is 2. The van der Waals surface area contributed by atoms with Crippen molar-refractivity contribution in [3.8, 4) is 5.75 Å². The Hall–Kier alpha value is -1.75. The highest BCUT2D eigenvalue weighted by molar-refractivity contribution is 5.84. The van der Waals surface area contributed by atoms with Gasteiger partial charge in [-0.25, -0.2) is 4.79 Å². The molecule has 1 amide bonds. The fourth-order valence-electron chi connectivity index (χ4n) is 2.10. The van der Waals surface area contributed by atoms with E-state index in [4.69, 9.17) is 9.47 Å². The molecule has 110 valence electrons. The van der Waals surface area contributed by atoms with Crippen LogP contribution in [0.1, 0.15) is 26.7 Å². The van der Waals surface area contributed by atoms with Crippen LogP contribution in [0.25, 0.3) is 0 Å². The van der Waals surface area contributed by atoms with Crippen molar-refractivity contribution in [2.24, 2.45) is 0 Å². The highest BCUT2D eigenvalue weighted by Crippen LogP contribution is 2.17. The lowest BCUT2D eigenvalue weighted by Gasteiger charge is -2.22. The fraction of sp³-hybridized carbons (Fsp3) is 0.533. The third-order valence-electron chi connectivity index (χ3n) is 3.03. The van der Waals surface area contributed by atoms with E-state index in [2.05, 4.69) is 10.6 Å². The Morgan fingerprint density at radius 1 is 1.25 bits per heavy atom. The zero-order valence-electron chi connectivity index (χ0n) is 12.0. The van der Waals surface area contributed by atoms with E-state index in [1.165, 1.54) is 0 Å². The van der Waals surface area contributed by atoms with Gasteiger partial charge in [0.05, 0.1) is 6.10 Å². The van der Waals surface area contributed by atoms with Gasteiger partial charge in [0.25, 0.3) is 0 Å². The number of benzene rings is 1. The molecule has 5 heteroatoms. The molecule has 0 saturated carbocycles. The largest absolute Gasteiger partial charge is 0.491 e. The molecule has 1 aliphatic rings. The third-order valence-corrected chi connectivity index (χ3v) is 3.03. The standard InChI is InChI=1S/C15H22N2O3/c1-11(2)19-13-5-3-12(4-6-13)17-15(18)20-14-7-9-16-10-8-14/h3-6,11,14,16H,7-10H2,1-2H3,(H,17,18). The second kappa shape index (κ2) is 7.14. The Kier molecular flexibility index (Phi) is 5.24. The maximum absolute atomic E-state index is 11.8. The molecular formula is C15H22N2O3. The summed E-state index contributed by atoms with van der Waals surface area (Å²) >= 11 is 0. The summed E-state index contributed by atoms with van der Waals surface area (Å²) in [5.74, 6) is 0.789. The Balaban J connectivity index is 1.81. The molecule has 0 spiro atoms. The molecule has 0 aliphatic carbocycles. The van der Waals surface area contributed by atoms with Crippen LogP contribution in [0.5, 0.6) is 5.75 Å². The minimum absolute atomic E-state index is 0.0137. The summed E-state index contributed by atoms with van der Waals surface area (Å²) in [6.45, 7) is 5.75. The van der Waals surface area contributed by atoms with Crippen molar-refractivity contribution in [3.63, 3.8) is 0 Å². The first-order valence-electron chi connectivity index (χ1n) is 7.08. The minimum Gasteiger partial charge on any atom is -0.491 e. The van der Waals surface area contributed by atoms with E-state index in [0.717, 1.165) is 31.7 Å². The molecule has 1 aromatic carbocycles. The molecule has 5 nitrogen and oxygen atoms in total. The van der Waals surface area contributed by atoms with E-state index in [1.807, 2.05) is 26.0 Å². The molecule has 2 rings (SSSR count). The molecule has 1 fully saturated rings. The maximum atomic E-state index is 11.8. The van der Waals surface area contributed by atoms with Gasteiger partial charge in [0.15, 0.2) is 0 Å². The van der Waals surface area contributed by atoms with E-state index in [-0.39, 0.29) is 12.2 Å². The van der Waals surface area contributed by atoms with Crippen LogP contribution >= 0.6 is 0 Å². The number of ether oxygens (including phenoxy) is 2. The number of hydrogen-bond donors (Lipinski definition) is 2. The predicted octanol–water partition coefficient (Wildman–Crippen LogP) is 2.77. The van der Waals surface area contributed by atoms with E-state index in [0.29, 0.717) is 5.69 Å². The topological polar surface area (TPSA) is 59.6 Å². The van der Waals surface area contributed by atoms with Gasteiger partial charge in [-0.15, -0.1) is 0 Å². The van der Waals surface area contributed by atoms with Crippen LogP contribution < -0.4 is 15.4 Å². The van der Waals surface area contributed by atoms with Crippen molar-refractivity contribution >= 4 is 11.8 Å². The first kappa shape index (κ1) is 14.7. The second-order valence-electron chi connectivity index (χ2n) is 5.17. The highest BCUT2D eigenvalue weighted by Gasteiger charge is 2.17. The zero-order chi connectivity index (χ0) is 14.4. The zero-order valence-corrected chi connectivity index (χ0v) is 12.0. The summed E-state index contributed by atoms with van der Waals surface area (Å²) in [6, 6.07) is 7.28. The molecule has 0 bridgehead atoms. The van der Waals surface area contributed by atoms with Crippen molar-refractivity contribution in [2.45, 2.75) is 38.9 Å². The van der Waals surface area contributed by atoms with Gasteiger partial charge in [-0.05, 0) is 64.0 Å². The van der Waals surface area contributed by atoms with Crippen LogP contribution in [-0.2, 0) is 4.74 Å². The van der Waals surface area contributed by atoms with Gasteiger partial charge in [-0.1, -0.05) is 0 Å². The van der Waals surface area contributed by atoms with Gasteiger partial charge >= 0.3 is 6.09 Å². The number of amides is 1. The molecule has 2 N–H and O–H groups in total. The number of piperidine rings is 1. The highest BCUT2D eigenvalue weighted by atomic mass is 16.6. The van der Waals surface area contributed by atoms with Gasteiger partial charge < -0.3 is 14.8 Å². The molecule has 0 atom stereocenters. The van der Waals surface area contributed by atoms with Crippen LogP contribution in [0.15, 0.2) is 24.3 Å². The number of rotatable bonds is 4. The van der Waals surface area contributed by atoms with Crippen molar-refractivity contribution in [2.75, 3.05) is 18.4 Å². The Bertz CT molecular complexity index is 425. The number of anilines is 1. The Morgan fingerprint density at radius 3 is 2.50 bits per heavy atom. The van der Waals surface area contributed by atoms with Crippen LogP contribution in [0.3, 0.4) is 0 Å². The quantitative estimate of drug-likeness (QED) is 0.889. The first-order valence-corrected chi connectivity index (χ1v) is 7.08. The Labute approximate surface area is 119 Å². The first-order chi connectivity index (χ1) is 9.63. The third kappa shape index (κ3) is 4.74. The lowest BCUT2D eigenvalue weighted by Crippen LogP contribution is -2.34. The van der Waals surface area contributed by atoms with E-state index >= 15 is 0 Å². The molecule has 0 radical (unpaired) electrons. The minimum atomic E-state index is -0.394. The predicted molar refractivity (Wildman–Crippen MR) is 78.2 cm³/mol.